The molecule has 0 atom stereocenters. The van der Waals surface area contributed by atoms with Gasteiger partial charge in [-0.3, -0.25) is 4.90 Å². The molecule has 1 aliphatic rings. The molecule has 1 N–H and O–H groups in total. The van der Waals surface area contributed by atoms with E-state index in [4.69, 9.17) is 0 Å². The largest absolute Gasteiger partial charge is 0.315 e. The summed E-state index contributed by atoms with van der Waals surface area (Å²) in [5.74, 6) is 2.33. The van der Waals surface area contributed by atoms with Gasteiger partial charge in [0.15, 0.2) is 0 Å². The molecule has 2 nitrogen and oxygen atoms in total. The SMILES string of the molecule is CCCCN(CCNCCSCc1ccccc1)C1CCCCC1. The first kappa shape index (κ1) is 19.8. The van der Waals surface area contributed by atoms with Crippen LogP contribution in [0.25, 0.3) is 0 Å². The fourth-order valence-corrected chi connectivity index (χ4v) is 4.40. The number of hydrogen-bond acceptors (Lipinski definition) is 3. The molecule has 0 bridgehead atoms. The minimum atomic E-state index is 0.861. The lowest BCUT2D eigenvalue weighted by Gasteiger charge is -2.34. The van der Waals surface area contributed by atoms with Crippen molar-refractivity contribution in [2.45, 2.75) is 63.7 Å². The quantitative estimate of drug-likeness (QED) is 0.538. The van der Waals surface area contributed by atoms with Crippen molar-refractivity contribution in [3.63, 3.8) is 0 Å². The maximum absolute atomic E-state index is 3.66. The number of thioether (sulfide) groups is 1. The highest BCUT2D eigenvalue weighted by molar-refractivity contribution is 7.98. The third-order valence-corrected chi connectivity index (χ3v) is 6.03. The second-order valence-electron chi connectivity index (χ2n) is 6.97. The summed E-state index contributed by atoms with van der Waals surface area (Å²) in [7, 11) is 0. The Hall–Kier alpha value is -0.510. The Morgan fingerprint density at radius 1 is 1.04 bits per heavy atom. The molecule has 1 aromatic carbocycles. The molecule has 0 saturated heterocycles. The highest BCUT2D eigenvalue weighted by Crippen LogP contribution is 2.22. The van der Waals surface area contributed by atoms with Crippen LogP contribution < -0.4 is 5.32 Å². The van der Waals surface area contributed by atoms with E-state index >= 15 is 0 Å². The summed E-state index contributed by atoms with van der Waals surface area (Å²) in [5.41, 5.74) is 1.44. The van der Waals surface area contributed by atoms with E-state index < -0.39 is 0 Å². The lowest BCUT2D eigenvalue weighted by molar-refractivity contribution is 0.155. The molecule has 24 heavy (non-hydrogen) atoms. The topological polar surface area (TPSA) is 15.3 Å². The number of nitrogens with zero attached hydrogens (tertiary/aromatic N) is 1. The molecule has 0 aliphatic heterocycles. The number of hydrogen-bond donors (Lipinski definition) is 1. The maximum atomic E-state index is 3.66. The van der Waals surface area contributed by atoms with E-state index in [2.05, 4.69) is 47.5 Å². The van der Waals surface area contributed by atoms with Gasteiger partial charge in [-0.2, -0.15) is 11.8 Å². The Labute approximate surface area is 153 Å². The lowest BCUT2D eigenvalue weighted by atomic mass is 9.94. The van der Waals surface area contributed by atoms with Crippen molar-refractivity contribution in [1.29, 1.82) is 0 Å². The van der Waals surface area contributed by atoms with Gasteiger partial charge < -0.3 is 5.32 Å². The van der Waals surface area contributed by atoms with E-state index in [0.717, 1.165) is 24.9 Å². The number of nitrogens with one attached hydrogen (secondary N) is 1. The maximum Gasteiger partial charge on any atom is 0.0185 e. The smallest absolute Gasteiger partial charge is 0.0185 e. The van der Waals surface area contributed by atoms with Crippen molar-refractivity contribution in [3.05, 3.63) is 35.9 Å². The average molecular weight is 349 g/mol. The van der Waals surface area contributed by atoms with Crippen LogP contribution in [0.3, 0.4) is 0 Å². The molecule has 0 unspecified atom stereocenters. The van der Waals surface area contributed by atoms with Crippen LogP contribution in [-0.2, 0) is 5.75 Å². The van der Waals surface area contributed by atoms with Crippen LogP contribution in [0.5, 0.6) is 0 Å². The zero-order valence-corrected chi connectivity index (χ0v) is 16.3. The van der Waals surface area contributed by atoms with Crippen LogP contribution in [0.15, 0.2) is 30.3 Å². The van der Waals surface area contributed by atoms with Gasteiger partial charge in [0.05, 0.1) is 0 Å². The Morgan fingerprint density at radius 2 is 1.83 bits per heavy atom. The molecule has 2 rings (SSSR count). The Bertz CT molecular complexity index is 404. The van der Waals surface area contributed by atoms with Gasteiger partial charge in [0.25, 0.3) is 0 Å². The second-order valence-corrected chi connectivity index (χ2v) is 8.07. The number of unbranched alkanes of at least 4 members (excludes halogenated alkanes) is 1. The highest BCUT2D eigenvalue weighted by atomic mass is 32.2. The summed E-state index contributed by atoms with van der Waals surface area (Å²) < 4.78 is 0. The van der Waals surface area contributed by atoms with Gasteiger partial charge in [0, 0.05) is 37.2 Å². The molecule has 0 heterocycles. The van der Waals surface area contributed by atoms with E-state index in [0.29, 0.717) is 0 Å². The first-order valence-corrected chi connectivity index (χ1v) is 11.1. The molecule has 0 radical (unpaired) electrons. The zero-order valence-electron chi connectivity index (χ0n) is 15.5. The van der Waals surface area contributed by atoms with E-state index in [1.807, 2.05) is 11.8 Å². The van der Waals surface area contributed by atoms with Crippen molar-refractivity contribution in [3.8, 4) is 0 Å². The summed E-state index contributed by atoms with van der Waals surface area (Å²) in [6.45, 7) is 7.11. The first-order valence-electron chi connectivity index (χ1n) is 9.96. The summed E-state index contributed by atoms with van der Waals surface area (Å²) in [5, 5.41) is 3.66. The molecular weight excluding hydrogens is 312 g/mol. The van der Waals surface area contributed by atoms with Crippen LogP contribution in [-0.4, -0.2) is 42.9 Å². The lowest BCUT2D eigenvalue weighted by Crippen LogP contribution is -2.41. The Kier molecular flexibility index (Phi) is 10.6. The fraction of sp³-hybridized carbons (Fsp3) is 0.714. The molecule has 1 fully saturated rings. The van der Waals surface area contributed by atoms with Crippen LogP contribution in [0.4, 0.5) is 0 Å². The monoisotopic (exact) mass is 348 g/mol. The van der Waals surface area contributed by atoms with Crippen LogP contribution >= 0.6 is 11.8 Å². The van der Waals surface area contributed by atoms with Gasteiger partial charge in [-0.15, -0.1) is 0 Å². The zero-order chi connectivity index (χ0) is 16.9. The molecule has 3 heteroatoms. The van der Waals surface area contributed by atoms with Crippen LogP contribution in [0.1, 0.15) is 57.4 Å². The summed E-state index contributed by atoms with van der Waals surface area (Å²) >= 11 is 2.03. The highest BCUT2D eigenvalue weighted by Gasteiger charge is 2.19. The van der Waals surface area contributed by atoms with Gasteiger partial charge in [0.2, 0.25) is 0 Å². The fourth-order valence-electron chi connectivity index (χ4n) is 3.54. The van der Waals surface area contributed by atoms with Crippen molar-refractivity contribution in [2.24, 2.45) is 0 Å². The van der Waals surface area contributed by atoms with Crippen LogP contribution in [0.2, 0.25) is 0 Å². The van der Waals surface area contributed by atoms with Gasteiger partial charge >= 0.3 is 0 Å². The number of rotatable bonds is 12. The third kappa shape index (κ3) is 8.04. The predicted molar refractivity (Wildman–Crippen MR) is 109 cm³/mol. The average Bonchev–Trinajstić information content (AvgIpc) is 2.65. The van der Waals surface area contributed by atoms with E-state index in [-0.39, 0.29) is 0 Å². The molecule has 1 aromatic rings. The van der Waals surface area contributed by atoms with Crippen LogP contribution in [0, 0.1) is 0 Å². The molecule has 0 amide bonds. The van der Waals surface area contributed by atoms with Crippen molar-refractivity contribution >= 4 is 11.8 Å². The summed E-state index contributed by atoms with van der Waals surface area (Å²) in [6.07, 6.45) is 9.85. The molecule has 0 spiro atoms. The second kappa shape index (κ2) is 12.8. The van der Waals surface area contributed by atoms with Crippen molar-refractivity contribution in [1.82, 2.24) is 10.2 Å². The minimum Gasteiger partial charge on any atom is -0.315 e. The van der Waals surface area contributed by atoms with Gasteiger partial charge in [-0.1, -0.05) is 62.9 Å². The van der Waals surface area contributed by atoms with E-state index in [1.165, 1.54) is 69.4 Å². The molecule has 0 aromatic heterocycles. The molecule has 136 valence electrons. The number of benzene rings is 1. The van der Waals surface area contributed by atoms with Crippen molar-refractivity contribution in [2.75, 3.05) is 31.9 Å². The Morgan fingerprint density at radius 3 is 2.58 bits per heavy atom. The normalized spacial score (nSPS) is 15.9. The first-order chi connectivity index (χ1) is 11.9. The van der Waals surface area contributed by atoms with E-state index in [1.54, 1.807) is 0 Å². The Balaban J connectivity index is 1.54. The minimum absolute atomic E-state index is 0.861. The van der Waals surface area contributed by atoms with Gasteiger partial charge in [0.1, 0.15) is 0 Å². The molecule has 1 saturated carbocycles. The standard InChI is InChI=1S/C21H36N2S/c1-2-3-16-23(21-12-8-5-9-13-21)17-14-22-15-18-24-19-20-10-6-4-7-11-20/h4,6-7,10-11,21-22H,2-3,5,8-9,12-19H2,1H3. The van der Waals surface area contributed by atoms with Gasteiger partial charge in [-0.05, 0) is 31.4 Å². The molecular formula is C21H36N2S. The summed E-state index contributed by atoms with van der Waals surface area (Å²) in [6, 6.07) is 11.6. The third-order valence-electron chi connectivity index (χ3n) is 5.00. The predicted octanol–water partition coefficient (Wildman–Crippen LogP) is 4.94. The summed E-state index contributed by atoms with van der Waals surface area (Å²) in [4.78, 5) is 2.77. The van der Waals surface area contributed by atoms with E-state index in [9.17, 15) is 0 Å². The molecule has 1 aliphatic carbocycles. The van der Waals surface area contributed by atoms with Gasteiger partial charge in [-0.25, -0.2) is 0 Å². The van der Waals surface area contributed by atoms with Crippen molar-refractivity contribution < 1.29 is 0 Å².